The van der Waals surface area contributed by atoms with E-state index < -0.39 is 6.10 Å². The standard InChI is InChI=1S/C31H35NO7/c1-5-32-15-39-23-13-22(35-2)18-8-9-20-27-16(6-7-19(23)28(18)27)10-24-29(20)30(33)21(14-38-24)17-11-25(36-3)31(34)26(12-17)37-4/h10-13,21,30,32-34H,5-9,14-15H2,1-4H3. The molecule has 3 aromatic carbocycles. The Bertz CT molecular complexity index is 1410. The molecule has 0 saturated heterocycles. The Kier molecular flexibility index (Phi) is 6.69. The Labute approximate surface area is 228 Å². The van der Waals surface area contributed by atoms with Gasteiger partial charge in [-0.1, -0.05) is 6.92 Å². The largest absolute Gasteiger partial charge is 0.502 e. The van der Waals surface area contributed by atoms with Gasteiger partial charge in [0.1, 0.15) is 24.0 Å². The Hall–Kier alpha value is -3.62. The molecular weight excluding hydrogens is 498 g/mol. The molecule has 0 spiro atoms. The summed E-state index contributed by atoms with van der Waals surface area (Å²) in [6.45, 7) is 3.62. The van der Waals surface area contributed by atoms with E-state index in [0.29, 0.717) is 24.8 Å². The summed E-state index contributed by atoms with van der Waals surface area (Å²) in [5.74, 6) is 2.61. The summed E-state index contributed by atoms with van der Waals surface area (Å²) < 4.78 is 29.1. The number of rotatable bonds is 8. The first-order valence-electron chi connectivity index (χ1n) is 13.5. The van der Waals surface area contributed by atoms with Gasteiger partial charge in [0.05, 0.1) is 34.0 Å². The molecule has 206 valence electrons. The topological polar surface area (TPSA) is 98.6 Å². The molecule has 1 aliphatic heterocycles. The number of methoxy groups -OCH3 is 3. The van der Waals surface area contributed by atoms with Gasteiger partial charge in [-0.15, -0.1) is 0 Å². The number of phenols is 1. The predicted octanol–water partition coefficient (Wildman–Crippen LogP) is 4.44. The molecule has 8 nitrogen and oxygen atoms in total. The molecule has 0 amide bonds. The van der Waals surface area contributed by atoms with Gasteiger partial charge in [0.2, 0.25) is 5.75 Å². The zero-order valence-electron chi connectivity index (χ0n) is 22.8. The van der Waals surface area contributed by atoms with Crippen LogP contribution < -0.4 is 29.0 Å². The van der Waals surface area contributed by atoms with E-state index in [1.54, 1.807) is 19.2 Å². The Morgan fingerprint density at radius 2 is 1.51 bits per heavy atom. The average Bonchev–Trinajstić information content (AvgIpc) is 2.96. The predicted molar refractivity (Wildman–Crippen MR) is 147 cm³/mol. The molecule has 3 aliphatic rings. The number of aliphatic hydroxyl groups excluding tert-OH is 1. The molecule has 3 aromatic rings. The van der Waals surface area contributed by atoms with Crippen LogP contribution >= 0.6 is 0 Å². The third-order valence-electron chi connectivity index (χ3n) is 8.32. The molecule has 2 aliphatic carbocycles. The van der Waals surface area contributed by atoms with Gasteiger partial charge in [0, 0.05) is 28.7 Å². The molecule has 8 heteroatoms. The molecule has 0 aromatic heterocycles. The zero-order chi connectivity index (χ0) is 27.3. The van der Waals surface area contributed by atoms with Gasteiger partial charge in [-0.25, -0.2) is 0 Å². The summed E-state index contributed by atoms with van der Waals surface area (Å²) in [7, 11) is 4.70. The van der Waals surface area contributed by atoms with E-state index in [0.717, 1.165) is 66.2 Å². The second-order valence-corrected chi connectivity index (χ2v) is 10.2. The highest BCUT2D eigenvalue weighted by atomic mass is 16.5. The van der Waals surface area contributed by atoms with Crippen molar-refractivity contribution in [3.63, 3.8) is 0 Å². The molecule has 39 heavy (non-hydrogen) atoms. The fourth-order valence-corrected chi connectivity index (χ4v) is 6.45. The number of hydrogen-bond donors (Lipinski definition) is 3. The minimum absolute atomic E-state index is 0.0650. The highest BCUT2D eigenvalue weighted by Gasteiger charge is 2.39. The molecule has 2 unspecified atom stereocenters. The highest BCUT2D eigenvalue weighted by Crippen LogP contribution is 2.54. The van der Waals surface area contributed by atoms with E-state index >= 15 is 0 Å². The maximum absolute atomic E-state index is 11.9. The first-order chi connectivity index (χ1) is 19.0. The Balaban J connectivity index is 1.48. The van der Waals surface area contributed by atoms with Gasteiger partial charge in [-0.3, -0.25) is 5.32 Å². The van der Waals surface area contributed by atoms with Gasteiger partial charge < -0.3 is 33.9 Å². The lowest BCUT2D eigenvalue weighted by atomic mass is 9.71. The molecule has 0 bridgehead atoms. The summed E-state index contributed by atoms with van der Waals surface area (Å²) in [4.78, 5) is 0. The third kappa shape index (κ3) is 4.05. The third-order valence-corrected chi connectivity index (χ3v) is 8.32. The Morgan fingerprint density at radius 1 is 0.846 bits per heavy atom. The van der Waals surface area contributed by atoms with Crippen molar-refractivity contribution >= 4 is 0 Å². The monoisotopic (exact) mass is 533 g/mol. The smallest absolute Gasteiger partial charge is 0.200 e. The summed E-state index contributed by atoms with van der Waals surface area (Å²) in [5.41, 5.74) is 8.77. The molecule has 0 saturated carbocycles. The van der Waals surface area contributed by atoms with Crippen molar-refractivity contribution in [3.05, 3.63) is 57.6 Å². The van der Waals surface area contributed by atoms with Crippen LogP contribution in [0.2, 0.25) is 0 Å². The van der Waals surface area contributed by atoms with Gasteiger partial charge in [-0.2, -0.15) is 0 Å². The number of aryl methyl sites for hydroxylation is 1. The van der Waals surface area contributed by atoms with Crippen LogP contribution in [0.3, 0.4) is 0 Å². The molecule has 0 fully saturated rings. The summed E-state index contributed by atoms with van der Waals surface area (Å²) in [6.07, 6.45) is 2.54. The van der Waals surface area contributed by atoms with Crippen LogP contribution in [0.25, 0.3) is 11.1 Å². The van der Waals surface area contributed by atoms with Crippen molar-refractivity contribution in [2.24, 2.45) is 0 Å². The van der Waals surface area contributed by atoms with Gasteiger partial charge in [-0.05, 0) is 78.2 Å². The first-order valence-corrected chi connectivity index (χ1v) is 13.5. The molecule has 6 rings (SSSR count). The number of ether oxygens (including phenoxy) is 5. The maximum Gasteiger partial charge on any atom is 0.200 e. The van der Waals surface area contributed by atoms with E-state index in [2.05, 4.69) is 18.3 Å². The first kappa shape index (κ1) is 25.6. The number of nitrogens with one attached hydrogen (secondary N) is 1. The van der Waals surface area contributed by atoms with E-state index in [4.69, 9.17) is 23.7 Å². The normalized spacial score (nSPS) is 18.5. The van der Waals surface area contributed by atoms with Crippen LogP contribution in [0.4, 0.5) is 0 Å². The number of fused-ring (bicyclic) bond motifs is 2. The molecule has 3 N–H and O–H groups in total. The van der Waals surface area contributed by atoms with Gasteiger partial charge >= 0.3 is 0 Å². The SMILES string of the molecule is CCNCOc1cc(OC)c2c3c1CCc1cc4c(c(c1-3)CC2)C(O)C(c1cc(OC)c(O)c(OC)c1)CO4. The van der Waals surface area contributed by atoms with Crippen LogP contribution in [0.1, 0.15) is 52.3 Å². The zero-order valence-corrected chi connectivity index (χ0v) is 22.8. The lowest BCUT2D eigenvalue weighted by Gasteiger charge is -2.38. The fraction of sp³-hybridized carbons (Fsp3) is 0.419. The fourth-order valence-electron chi connectivity index (χ4n) is 6.45. The van der Waals surface area contributed by atoms with Crippen LogP contribution in [-0.2, 0) is 25.7 Å². The number of phenolic OH excluding ortho intramolecular Hbond substituents is 1. The lowest BCUT2D eigenvalue weighted by Crippen LogP contribution is -2.28. The van der Waals surface area contributed by atoms with Crippen molar-refractivity contribution in [2.75, 3.05) is 41.2 Å². The van der Waals surface area contributed by atoms with Crippen molar-refractivity contribution in [1.82, 2.24) is 5.32 Å². The minimum atomic E-state index is -0.796. The molecular formula is C31H35NO7. The quantitative estimate of drug-likeness (QED) is 0.289. The number of aromatic hydroxyl groups is 1. The highest BCUT2D eigenvalue weighted by molar-refractivity contribution is 5.86. The number of hydrogen-bond acceptors (Lipinski definition) is 8. The number of aliphatic hydroxyl groups is 1. The minimum Gasteiger partial charge on any atom is -0.502 e. The van der Waals surface area contributed by atoms with Crippen molar-refractivity contribution < 1.29 is 33.9 Å². The molecule has 1 heterocycles. The van der Waals surface area contributed by atoms with Crippen LogP contribution in [-0.4, -0.2) is 51.4 Å². The molecule has 0 radical (unpaired) electrons. The lowest BCUT2D eigenvalue weighted by molar-refractivity contribution is 0.0877. The second kappa shape index (κ2) is 10.2. The van der Waals surface area contributed by atoms with E-state index in [1.807, 2.05) is 6.07 Å². The molecule has 2 atom stereocenters. The van der Waals surface area contributed by atoms with Crippen molar-refractivity contribution in [2.45, 2.75) is 44.6 Å². The van der Waals surface area contributed by atoms with Crippen LogP contribution in [0.5, 0.6) is 34.5 Å². The van der Waals surface area contributed by atoms with Gasteiger partial charge in [0.15, 0.2) is 11.5 Å². The summed E-state index contributed by atoms with van der Waals surface area (Å²) in [5, 5.41) is 25.5. The Morgan fingerprint density at radius 3 is 2.21 bits per heavy atom. The summed E-state index contributed by atoms with van der Waals surface area (Å²) in [6, 6.07) is 7.63. The van der Waals surface area contributed by atoms with E-state index in [-0.39, 0.29) is 11.7 Å². The van der Waals surface area contributed by atoms with Crippen LogP contribution in [0.15, 0.2) is 24.3 Å². The van der Waals surface area contributed by atoms with E-state index in [9.17, 15) is 10.2 Å². The number of benzene rings is 3. The van der Waals surface area contributed by atoms with Crippen molar-refractivity contribution in [1.29, 1.82) is 0 Å². The second-order valence-electron chi connectivity index (χ2n) is 10.2. The maximum atomic E-state index is 11.9. The van der Waals surface area contributed by atoms with Crippen molar-refractivity contribution in [3.8, 4) is 45.6 Å². The van der Waals surface area contributed by atoms with E-state index in [1.165, 1.54) is 42.0 Å². The van der Waals surface area contributed by atoms with Crippen LogP contribution in [0, 0.1) is 0 Å². The average molecular weight is 534 g/mol. The van der Waals surface area contributed by atoms with Gasteiger partial charge in [0.25, 0.3) is 0 Å². The summed E-state index contributed by atoms with van der Waals surface area (Å²) >= 11 is 0.